The molecule has 1 aromatic carbocycles. The Kier molecular flexibility index (Phi) is 3.47. The lowest BCUT2D eigenvalue weighted by atomic mass is 10.1. The van der Waals surface area contributed by atoms with E-state index >= 15 is 0 Å². The molecule has 1 aliphatic carbocycles. The van der Waals surface area contributed by atoms with Gasteiger partial charge in [-0.3, -0.25) is 9.59 Å². The van der Waals surface area contributed by atoms with E-state index in [0.29, 0.717) is 16.9 Å². The molecule has 2 N–H and O–H groups in total. The molecule has 102 valence electrons. The van der Waals surface area contributed by atoms with Crippen LogP contribution in [0.4, 0.5) is 5.69 Å². The lowest BCUT2D eigenvalue weighted by Gasteiger charge is -2.10. The molecule has 0 aliphatic heterocycles. The van der Waals surface area contributed by atoms with Crippen LogP contribution in [0.1, 0.15) is 33.7 Å². The number of aromatic nitrogens is 1. The highest BCUT2D eigenvalue weighted by atomic mass is 32.1. The second-order valence-electron chi connectivity index (χ2n) is 4.62. The van der Waals surface area contributed by atoms with Crippen molar-refractivity contribution in [1.82, 2.24) is 10.3 Å². The summed E-state index contributed by atoms with van der Waals surface area (Å²) in [5.41, 5.74) is 2.93. The number of carbonyl (C=O) groups excluding carboxylic acids is 2. The minimum absolute atomic E-state index is 0.151. The largest absolute Gasteiger partial charge is 0.349 e. The molecule has 0 unspecified atom stereocenters. The number of amides is 2. The van der Waals surface area contributed by atoms with E-state index < -0.39 is 0 Å². The highest BCUT2D eigenvalue weighted by Gasteiger charge is 2.25. The van der Waals surface area contributed by atoms with E-state index in [1.54, 1.807) is 35.2 Å². The van der Waals surface area contributed by atoms with Crippen LogP contribution in [0.3, 0.4) is 0 Å². The molecule has 2 aromatic rings. The number of rotatable bonds is 4. The maximum atomic E-state index is 12.1. The van der Waals surface area contributed by atoms with Crippen molar-refractivity contribution in [2.45, 2.75) is 18.9 Å². The van der Waals surface area contributed by atoms with Crippen LogP contribution in [-0.2, 0) is 0 Å². The predicted molar refractivity (Wildman–Crippen MR) is 77.0 cm³/mol. The van der Waals surface area contributed by atoms with Crippen molar-refractivity contribution in [1.29, 1.82) is 0 Å². The number of benzene rings is 1. The third-order valence-corrected chi connectivity index (χ3v) is 3.58. The number of nitrogens with one attached hydrogen (secondary N) is 2. The SMILES string of the molecule is O=C(Nc1ccccc1C(=O)NC1CC1)c1cscn1. The fourth-order valence-corrected chi connectivity index (χ4v) is 2.32. The summed E-state index contributed by atoms with van der Waals surface area (Å²) in [6, 6.07) is 7.26. The van der Waals surface area contributed by atoms with Gasteiger partial charge in [-0.25, -0.2) is 4.98 Å². The summed E-state index contributed by atoms with van der Waals surface area (Å²) in [6.45, 7) is 0. The Morgan fingerprint density at radius 3 is 2.70 bits per heavy atom. The Morgan fingerprint density at radius 1 is 1.20 bits per heavy atom. The van der Waals surface area contributed by atoms with Gasteiger partial charge >= 0.3 is 0 Å². The summed E-state index contributed by atoms with van der Waals surface area (Å²) in [6.07, 6.45) is 2.05. The molecular weight excluding hydrogens is 274 g/mol. The lowest BCUT2D eigenvalue weighted by Crippen LogP contribution is -2.27. The van der Waals surface area contributed by atoms with Crippen LogP contribution >= 0.6 is 11.3 Å². The normalized spacial score (nSPS) is 13.8. The standard InChI is InChI=1S/C14H13N3O2S/c18-13(16-9-5-6-9)10-3-1-2-4-11(10)17-14(19)12-7-20-8-15-12/h1-4,7-9H,5-6H2,(H,16,18)(H,17,19). The first kappa shape index (κ1) is 12.8. The minimum Gasteiger partial charge on any atom is -0.349 e. The molecule has 20 heavy (non-hydrogen) atoms. The first-order chi connectivity index (χ1) is 9.74. The van der Waals surface area contributed by atoms with Gasteiger partial charge in [-0.1, -0.05) is 12.1 Å². The van der Waals surface area contributed by atoms with Gasteiger partial charge in [-0.15, -0.1) is 11.3 Å². The number of hydrogen-bond acceptors (Lipinski definition) is 4. The molecule has 1 aliphatic rings. The Balaban J connectivity index is 1.78. The van der Waals surface area contributed by atoms with Gasteiger partial charge in [0.15, 0.2) is 0 Å². The summed E-state index contributed by atoms with van der Waals surface area (Å²) in [4.78, 5) is 28.0. The fraction of sp³-hybridized carbons (Fsp3) is 0.214. The van der Waals surface area contributed by atoms with Crippen LogP contribution in [0, 0.1) is 0 Å². The van der Waals surface area contributed by atoms with Crippen LogP contribution in [0.5, 0.6) is 0 Å². The number of thiazole rings is 1. The molecular formula is C14H13N3O2S. The summed E-state index contributed by atoms with van der Waals surface area (Å²) in [7, 11) is 0. The first-order valence-electron chi connectivity index (χ1n) is 6.33. The maximum Gasteiger partial charge on any atom is 0.275 e. The molecule has 2 amide bonds. The van der Waals surface area contributed by atoms with Gasteiger partial charge in [0.2, 0.25) is 0 Å². The van der Waals surface area contributed by atoms with Crippen LogP contribution in [-0.4, -0.2) is 22.8 Å². The predicted octanol–water partition coefficient (Wildman–Crippen LogP) is 2.29. The highest BCUT2D eigenvalue weighted by molar-refractivity contribution is 7.07. The second kappa shape index (κ2) is 5.42. The molecule has 1 aromatic heterocycles. The number of nitrogens with zero attached hydrogens (tertiary/aromatic N) is 1. The molecule has 1 fully saturated rings. The zero-order valence-electron chi connectivity index (χ0n) is 10.6. The topological polar surface area (TPSA) is 71.1 Å². The van der Waals surface area contributed by atoms with Crippen molar-refractivity contribution in [3.8, 4) is 0 Å². The number of para-hydroxylation sites is 1. The monoisotopic (exact) mass is 287 g/mol. The van der Waals surface area contributed by atoms with E-state index in [2.05, 4.69) is 15.6 Å². The van der Waals surface area contributed by atoms with Crippen LogP contribution < -0.4 is 10.6 Å². The molecule has 3 rings (SSSR count). The summed E-state index contributed by atoms with van der Waals surface area (Å²) in [5.74, 6) is -0.459. The molecule has 0 spiro atoms. The van der Waals surface area contributed by atoms with Gasteiger partial charge in [0.25, 0.3) is 11.8 Å². The lowest BCUT2D eigenvalue weighted by molar-refractivity contribution is 0.0952. The number of hydrogen-bond donors (Lipinski definition) is 2. The summed E-state index contributed by atoms with van der Waals surface area (Å²) in [5, 5.41) is 7.32. The van der Waals surface area contributed by atoms with Gasteiger partial charge in [0.1, 0.15) is 5.69 Å². The average molecular weight is 287 g/mol. The van der Waals surface area contributed by atoms with Gasteiger partial charge in [0.05, 0.1) is 16.8 Å². The Bertz CT molecular complexity index is 636. The van der Waals surface area contributed by atoms with E-state index in [1.807, 2.05) is 0 Å². The quantitative estimate of drug-likeness (QED) is 0.906. The molecule has 0 bridgehead atoms. The molecule has 0 atom stereocenters. The van der Waals surface area contributed by atoms with Crippen molar-refractivity contribution in [3.05, 3.63) is 46.4 Å². The van der Waals surface area contributed by atoms with E-state index in [4.69, 9.17) is 0 Å². The third kappa shape index (κ3) is 2.85. The van der Waals surface area contributed by atoms with Crippen LogP contribution in [0.15, 0.2) is 35.2 Å². The van der Waals surface area contributed by atoms with Gasteiger partial charge in [-0.2, -0.15) is 0 Å². The van der Waals surface area contributed by atoms with Gasteiger partial charge in [0, 0.05) is 11.4 Å². The molecule has 1 heterocycles. The maximum absolute atomic E-state index is 12.1. The van der Waals surface area contributed by atoms with E-state index in [1.165, 1.54) is 11.3 Å². The van der Waals surface area contributed by atoms with Crippen molar-refractivity contribution in [2.75, 3.05) is 5.32 Å². The highest BCUT2D eigenvalue weighted by Crippen LogP contribution is 2.21. The molecule has 6 heteroatoms. The van der Waals surface area contributed by atoms with Crippen molar-refractivity contribution in [2.24, 2.45) is 0 Å². The Hall–Kier alpha value is -2.21. The third-order valence-electron chi connectivity index (χ3n) is 3.00. The van der Waals surface area contributed by atoms with Gasteiger partial charge < -0.3 is 10.6 Å². The molecule has 1 saturated carbocycles. The van der Waals surface area contributed by atoms with E-state index in [0.717, 1.165) is 12.8 Å². The molecule has 0 saturated heterocycles. The average Bonchev–Trinajstić information content (AvgIpc) is 3.08. The fourth-order valence-electron chi connectivity index (χ4n) is 1.79. The molecule has 5 nitrogen and oxygen atoms in total. The second-order valence-corrected chi connectivity index (χ2v) is 5.34. The Labute approximate surface area is 120 Å². The van der Waals surface area contributed by atoms with Crippen LogP contribution in [0.25, 0.3) is 0 Å². The van der Waals surface area contributed by atoms with Crippen molar-refractivity contribution >= 4 is 28.8 Å². The molecule has 0 radical (unpaired) electrons. The zero-order chi connectivity index (χ0) is 13.9. The smallest absolute Gasteiger partial charge is 0.275 e. The number of carbonyl (C=O) groups is 2. The van der Waals surface area contributed by atoms with E-state index in [-0.39, 0.29) is 17.9 Å². The first-order valence-corrected chi connectivity index (χ1v) is 7.28. The Morgan fingerprint density at radius 2 is 2.00 bits per heavy atom. The van der Waals surface area contributed by atoms with E-state index in [9.17, 15) is 9.59 Å². The number of anilines is 1. The summed E-state index contributed by atoms with van der Waals surface area (Å²) < 4.78 is 0. The van der Waals surface area contributed by atoms with Crippen molar-refractivity contribution < 1.29 is 9.59 Å². The van der Waals surface area contributed by atoms with Crippen LogP contribution in [0.2, 0.25) is 0 Å². The minimum atomic E-state index is -0.307. The summed E-state index contributed by atoms with van der Waals surface area (Å²) >= 11 is 1.35. The zero-order valence-corrected chi connectivity index (χ0v) is 11.4. The van der Waals surface area contributed by atoms with Gasteiger partial charge in [-0.05, 0) is 25.0 Å². The van der Waals surface area contributed by atoms with Crippen molar-refractivity contribution in [3.63, 3.8) is 0 Å².